The molecule has 0 bridgehead atoms. The van der Waals surface area contributed by atoms with Crippen LogP contribution in [0.4, 0.5) is 0 Å². The second kappa shape index (κ2) is 6.33. The highest BCUT2D eigenvalue weighted by Crippen LogP contribution is 2.33. The van der Waals surface area contributed by atoms with E-state index in [4.69, 9.17) is 27.4 Å². The van der Waals surface area contributed by atoms with E-state index in [1.807, 2.05) is 0 Å². The minimum absolute atomic E-state index is 0.424. The molecule has 1 aromatic carbocycles. The Bertz CT molecular complexity index is 362. The Morgan fingerprint density at radius 3 is 3.00 bits per heavy atom. The molecule has 0 aliphatic carbocycles. The molecule has 0 radical (unpaired) electrons. The van der Waals surface area contributed by atoms with Crippen molar-refractivity contribution in [2.75, 3.05) is 5.75 Å². The van der Waals surface area contributed by atoms with Crippen molar-refractivity contribution in [3.8, 4) is 5.75 Å². The highest BCUT2D eigenvalue weighted by Gasteiger charge is 2.04. The van der Waals surface area contributed by atoms with Crippen LogP contribution in [0.1, 0.15) is 0 Å². The number of benzene rings is 1. The third kappa shape index (κ3) is 3.52. The lowest BCUT2D eigenvalue weighted by Gasteiger charge is -2.04. The molecule has 0 heterocycles. The maximum atomic E-state index is 5.89. The molecule has 0 fully saturated rings. The second-order valence-corrected chi connectivity index (χ2v) is 4.00. The average Bonchev–Trinajstić information content (AvgIpc) is 2.19. The molecule has 1 rings (SSSR count). The van der Waals surface area contributed by atoms with E-state index in [1.165, 1.54) is 12.0 Å². The van der Waals surface area contributed by atoms with Crippen LogP contribution in [0.3, 0.4) is 0 Å². The fourth-order valence-corrected chi connectivity index (χ4v) is 1.76. The van der Waals surface area contributed by atoms with E-state index < -0.39 is 0 Å². The highest BCUT2D eigenvalue weighted by molar-refractivity contribution is 7.95. The summed E-state index contributed by atoms with van der Waals surface area (Å²) < 4.78 is 5.30. The molecular weight excluding hydrogens is 259 g/mol. The zero-order chi connectivity index (χ0) is 10.4. The molecule has 0 unspecified atom stereocenters. The minimum Gasteiger partial charge on any atom is -0.424 e. The third-order valence-electron chi connectivity index (χ3n) is 1.30. The smallest absolute Gasteiger partial charge is 0.157 e. The molecule has 0 N–H and O–H groups in total. The van der Waals surface area contributed by atoms with Gasteiger partial charge in [0, 0.05) is 0 Å². The van der Waals surface area contributed by atoms with Crippen LogP contribution in [0.2, 0.25) is 10.0 Å². The van der Waals surface area contributed by atoms with Crippen LogP contribution >= 0.6 is 47.5 Å². The third-order valence-corrected chi connectivity index (χ3v) is 2.87. The molecule has 74 valence electrons. The normalized spacial score (nSPS) is 9.29. The lowest BCUT2D eigenvalue weighted by atomic mass is 10.3. The molecule has 0 atom stereocenters. The van der Waals surface area contributed by atoms with Gasteiger partial charge in [-0.3, -0.25) is 0 Å². The fraction of sp³-hybridized carbons (Fsp3) is 0.111. The van der Waals surface area contributed by atoms with Gasteiger partial charge in [-0.05, 0) is 35.4 Å². The largest absolute Gasteiger partial charge is 0.424 e. The van der Waals surface area contributed by atoms with Gasteiger partial charge in [-0.2, -0.15) is 0 Å². The molecule has 0 aliphatic rings. The highest BCUT2D eigenvalue weighted by atomic mass is 35.5. The fourth-order valence-electron chi connectivity index (χ4n) is 0.714. The molecule has 1 aromatic rings. The molecule has 0 saturated carbocycles. The first-order chi connectivity index (χ1) is 6.75. The summed E-state index contributed by atoms with van der Waals surface area (Å²) in [6, 6.07) is 5.24. The summed E-state index contributed by atoms with van der Waals surface area (Å²) in [5.74, 6) is 1.19. The first-order valence-corrected chi connectivity index (χ1v) is 5.76. The van der Waals surface area contributed by atoms with Gasteiger partial charge >= 0.3 is 0 Å². The van der Waals surface area contributed by atoms with E-state index in [9.17, 15) is 0 Å². The standard InChI is InChI=1S/C9H6Cl2OS2/c10-7-3-1-4-8(9(7)11)12-14-6-2-5-13/h1-4H,6H2. The van der Waals surface area contributed by atoms with Crippen LogP contribution in [0, 0.1) is 0 Å². The van der Waals surface area contributed by atoms with Crippen LogP contribution < -0.4 is 4.18 Å². The molecule has 0 aliphatic heterocycles. The van der Waals surface area contributed by atoms with Crippen molar-refractivity contribution in [2.24, 2.45) is 0 Å². The first kappa shape index (κ1) is 11.9. The van der Waals surface area contributed by atoms with Crippen molar-refractivity contribution in [1.29, 1.82) is 0 Å². The molecule has 14 heavy (non-hydrogen) atoms. The predicted octanol–water partition coefficient (Wildman–Crippen LogP) is 4.18. The van der Waals surface area contributed by atoms with E-state index in [2.05, 4.69) is 17.2 Å². The van der Waals surface area contributed by atoms with Gasteiger partial charge in [0.25, 0.3) is 0 Å². The van der Waals surface area contributed by atoms with Gasteiger partial charge in [0.2, 0.25) is 0 Å². The average molecular weight is 265 g/mol. The molecule has 5 heteroatoms. The van der Waals surface area contributed by atoms with E-state index in [1.54, 1.807) is 24.3 Å². The molecule has 0 spiro atoms. The topological polar surface area (TPSA) is 9.23 Å². The van der Waals surface area contributed by atoms with E-state index in [0.29, 0.717) is 21.5 Å². The number of halogens is 2. The van der Waals surface area contributed by atoms with Gasteiger partial charge in [-0.1, -0.05) is 29.3 Å². The zero-order valence-electron chi connectivity index (χ0n) is 7.00. The first-order valence-electron chi connectivity index (χ1n) is 3.68. The van der Waals surface area contributed by atoms with Crippen LogP contribution in [-0.4, -0.2) is 10.8 Å². The summed E-state index contributed by atoms with van der Waals surface area (Å²) in [6.45, 7) is 0. The van der Waals surface area contributed by atoms with E-state index in [0.717, 1.165) is 0 Å². The van der Waals surface area contributed by atoms with Crippen LogP contribution in [0.15, 0.2) is 24.3 Å². The Labute approximate surface area is 102 Å². The number of hydrogen-bond donors (Lipinski definition) is 0. The van der Waals surface area contributed by atoms with Crippen molar-refractivity contribution >= 4 is 52.5 Å². The Hall–Kier alpha value is -0.180. The van der Waals surface area contributed by atoms with Crippen molar-refractivity contribution in [2.45, 2.75) is 0 Å². The van der Waals surface area contributed by atoms with Crippen molar-refractivity contribution in [3.05, 3.63) is 34.3 Å². The minimum atomic E-state index is 0.424. The molecule has 0 aromatic heterocycles. The number of rotatable bonds is 4. The maximum Gasteiger partial charge on any atom is 0.157 e. The summed E-state index contributed by atoms with van der Waals surface area (Å²) >= 11 is 17.4. The Morgan fingerprint density at radius 1 is 1.50 bits per heavy atom. The Balaban J connectivity index is 2.58. The van der Waals surface area contributed by atoms with Gasteiger partial charge in [0.05, 0.1) is 22.8 Å². The van der Waals surface area contributed by atoms with E-state index in [-0.39, 0.29) is 0 Å². The van der Waals surface area contributed by atoms with Crippen molar-refractivity contribution in [1.82, 2.24) is 0 Å². The van der Waals surface area contributed by atoms with Gasteiger partial charge in [0.1, 0.15) is 5.02 Å². The summed E-state index contributed by atoms with van der Waals surface area (Å²) in [4.78, 5) is 0. The lowest BCUT2D eigenvalue weighted by molar-refractivity contribution is 0.648. The number of thiocarbonyl (C=S) groups is 1. The molecule has 1 nitrogen and oxygen atoms in total. The summed E-state index contributed by atoms with van der Waals surface area (Å²) in [6.07, 6.45) is 1.69. The van der Waals surface area contributed by atoms with Crippen LogP contribution in [0.5, 0.6) is 5.75 Å². The second-order valence-electron chi connectivity index (χ2n) is 2.24. The van der Waals surface area contributed by atoms with Gasteiger partial charge in [-0.25, -0.2) is 0 Å². The zero-order valence-corrected chi connectivity index (χ0v) is 10.1. The maximum absolute atomic E-state index is 5.89. The van der Waals surface area contributed by atoms with Crippen molar-refractivity contribution < 1.29 is 4.18 Å². The number of hydrogen-bond acceptors (Lipinski definition) is 3. The molecule has 0 saturated heterocycles. The molecule has 0 amide bonds. The monoisotopic (exact) mass is 264 g/mol. The summed E-state index contributed by atoms with van der Waals surface area (Å²) in [7, 11) is 0. The van der Waals surface area contributed by atoms with Gasteiger partial charge < -0.3 is 4.18 Å². The van der Waals surface area contributed by atoms with E-state index >= 15 is 0 Å². The Morgan fingerprint density at radius 2 is 2.29 bits per heavy atom. The lowest BCUT2D eigenvalue weighted by Crippen LogP contribution is -1.84. The van der Waals surface area contributed by atoms with Crippen LogP contribution in [-0.2, 0) is 0 Å². The quantitative estimate of drug-likeness (QED) is 0.459. The SMILES string of the molecule is S=C=CCSOc1cccc(Cl)c1Cl. The Kier molecular flexibility index (Phi) is 5.38. The summed E-state index contributed by atoms with van der Waals surface area (Å²) in [5, 5.41) is 3.38. The van der Waals surface area contributed by atoms with Crippen LogP contribution in [0.25, 0.3) is 0 Å². The molecular formula is C9H6Cl2OS2. The predicted molar refractivity (Wildman–Crippen MR) is 66.7 cm³/mol. The van der Waals surface area contributed by atoms with Gasteiger partial charge in [0.15, 0.2) is 5.75 Å². The summed E-state index contributed by atoms with van der Waals surface area (Å²) in [5.41, 5.74) is 0. The van der Waals surface area contributed by atoms with Crippen molar-refractivity contribution in [3.63, 3.8) is 0 Å². The van der Waals surface area contributed by atoms with Gasteiger partial charge in [-0.15, -0.1) is 0 Å².